The van der Waals surface area contributed by atoms with Crippen molar-refractivity contribution < 1.29 is 0 Å². The maximum atomic E-state index is 5.67. The van der Waals surface area contributed by atoms with Crippen molar-refractivity contribution in [2.24, 2.45) is 17.6 Å². The van der Waals surface area contributed by atoms with E-state index in [0.29, 0.717) is 6.54 Å². The van der Waals surface area contributed by atoms with Gasteiger partial charge in [-0.2, -0.15) is 0 Å². The molecule has 2 heterocycles. The van der Waals surface area contributed by atoms with E-state index in [1.165, 1.54) is 4.88 Å². The van der Waals surface area contributed by atoms with Gasteiger partial charge in [-0.3, -0.25) is 0 Å². The molecule has 15 heavy (non-hydrogen) atoms. The Balaban J connectivity index is 2.17. The highest BCUT2D eigenvalue weighted by Crippen LogP contribution is 2.32. The van der Waals surface area contributed by atoms with E-state index in [0.717, 1.165) is 35.8 Å². The van der Waals surface area contributed by atoms with Gasteiger partial charge >= 0.3 is 0 Å². The lowest BCUT2D eigenvalue weighted by Crippen LogP contribution is -2.19. The van der Waals surface area contributed by atoms with Crippen LogP contribution in [0.1, 0.15) is 24.4 Å². The number of anilines is 1. The molecule has 1 saturated heterocycles. The van der Waals surface area contributed by atoms with E-state index in [1.807, 2.05) is 6.92 Å². The molecule has 1 aromatic heterocycles. The zero-order valence-electron chi connectivity index (χ0n) is 9.66. The molecule has 2 rings (SSSR count). The number of hydrogen-bond acceptors (Lipinski definition) is 4. The van der Waals surface area contributed by atoms with Crippen LogP contribution in [0.3, 0.4) is 0 Å². The summed E-state index contributed by atoms with van der Waals surface area (Å²) < 4.78 is 0. The standard InChI is InChI=1S/C11H19N3S/c1-7-5-14(6-8(7)2)11-13-9(3)10(4-12)15-11/h7-8H,4-6,12H2,1-3H3. The van der Waals surface area contributed by atoms with E-state index in [9.17, 15) is 0 Å². The van der Waals surface area contributed by atoms with E-state index in [2.05, 4.69) is 23.7 Å². The average Bonchev–Trinajstić information content (AvgIpc) is 2.71. The van der Waals surface area contributed by atoms with Crippen molar-refractivity contribution in [3.63, 3.8) is 0 Å². The summed E-state index contributed by atoms with van der Waals surface area (Å²) in [5.41, 5.74) is 6.77. The van der Waals surface area contributed by atoms with Gasteiger partial charge in [0.15, 0.2) is 5.13 Å². The number of thiazole rings is 1. The Bertz CT molecular complexity index is 338. The van der Waals surface area contributed by atoms with Crippen LogP contribution in [0, 0.1) is 18.8 Å². The van der Waals surface area contributed by atoms with Gasteiger partial charge in [-0.05, 0) is 18.8 Å². The number of aromatic nitrogens is 1. The Morgan fingerprint density at radius 3 is 2.47 bits per heavy atom. The van der Waals surface area contributed by atoms with Crippen LogP contribution in [-0.4, -0.2) is 18.1 Å². The van der Waals surface area contributed by atoms with Crippen molar-refractivity contribution in [3.8, 4) is 0 Å². The first-order valence-corrected chi connectivity index (χ1v) is 6.34. The van der Waals surface area contributed by atoms with Crippen molar-refractivity contribution >= 4 is 16.5 Å². The van der Waals surface area contributed by atoms with Crippen LogP contribution in [0.4, 0.5) is 5.13 Å². The summed E-state index contributed by atoms with van der Waals surface area (Å²) in [5, 5.41) is 1.16. The van der Waals surface area contributed by atoms with Gasteiger partial charge in [0.05, 0.1) is 5.69 Å². The molecule has 1 aliphatic heterocycles. The Kier molecular flexibility index (Phi) is 2.98. The molecule has 3 nitrogen and oxygen atoms in total. The summed E-state index contributed by atoms with van der Waals surface area (Å²) in [7, 11) is 0. The number of rotatable bonds is 2. The molecule has 0 aromatic carbocycles. The molecule has 84 valence electrons. The lowest BCUT2D eigenvalue weighted by molar-refractivity contribution is 0.494. The van der Waals surface area contributed by atoms with Gasteiger partial charge < -0.3 is 10.6 Å². The molecule has 0 amide bonds. The first-order valence-electron chi connectivity index (χ1n) is 5.53. The Hall–Kier alpha value is -0.610. The number of nitrogens with zero attached hydrogens (tertiary/aromatic N) is 2. The van der Waals surface area contributed by atoms with Crippen LogP contribution in [0.25, 0.3) is 0 Å². The Morgan fingerprint density at radius 2 is 2.00 bits per heavy atom. The highest BCUT2D eigenvalue weighted by Gasteiger charge is 2.28. The van der Waals surface area contributed by atoms with Crippen molar-refractivity contribution in [1.82, 2.24) is 4.98 Å². The second kappa shape index (κ2) is 4.10. The number of hydrogen-bond donors (Lipinski definition) is 1. The zero-order chi connectivity index (χ0) is 11.0. The second-order valence-corrected chi connectivity index (χ2v) is 5.63. The first kappa shape index (κ1) is 10.9. The van der Waals surface area contributed by atoms with Crippen LogP contribution in [0.2, 0.25) is 0 Å². The van der Waals surface area contributed by atoms with Crippen LogP contribution < -0.4 is 10.6 Å². The fourth-order valence-corrected chi connectivity index (χ4v) is 2.98. The second-order valence-electron chi connectivity index (χ2n) is 4.57. The molecule has 1 aromatic rings. The van der Waals surface area contributed by atoms with Gasteiger partial charge in [0.25, 0.3) is 0 Å². The van der Waals surface area contributed by atoms with Gasteiger partial charge in [0.1, 0.15) is 0 Å². The number of nitrogens with two attached hydrogens (primary N) is 1. The third kappa shape index (κ3) is 2.01. The highest BCUT2D eigenvalue weighted by atomic mass is 32.1. The predicted molar refractivity (Wildman–Crippen MR) is 65.3 cm³/mol. The minimum atomic E-state index is 0.614. The highest BCUT2D eigenvalue weighted by molar-refractivity contribution is 7.15. The van der Waals surface area contributed by atoms with Gasteiger partial charge in [-0.15, -0.1) is 11.3 Å². The SMILES string of the molecule is Cc1nc(N2CC(C)C(C)C2)sc1CN. The first-order chi connectivity index (χ1) is 7.11. The topological polar surface area (TPSA) is 42.2 Å². The summed E-state index contributed by atoms with van der Waals surface area (Å²) >= 11 is 1.75. The molecule has 1 fully saturated rings. The molecule has 0 spiro atoms. The molecule has 2 atom stereocenters. The van der Waals surface area contributed by atoms with Crippen molar-refractivity contribution in [1.29, 1.82) is 0 Å². The molecule has 2 unspecified atom stereocenters. The van der Waals surface area contributed by atoms with Crippen LogP contribution in [-0.2, 0) is 6.54 Å². The molecule has 4 heteroatoms. The Labute approximate surface area is 95.3 Å². The lowest BCUT2D eigenvalue weighted by atomic mass is 10.0. The molecule has 0 saturated carbocycles. The summed E-state index contributed by atoms with van der Waals surface area (Å²) in [6.45, 7) is 9.56. The molecule has 0 aliphatic carbocycles. The van der Waals surface area contributed by atoms with Crippen LogP contribution in [0.15, 0.2) is 0 Å². The average molecular weight is 225 g/mol. The molecular formula is C11H19N3S. The fraction of sp³-hybridized carbons (Fsp3) is 0.727. The van der Waals surface area contributed by atoms with Crippen LogP contribution >= 0.6 is 11.3 Å². The normalized spacial score (nSPS) is 26.3. The predicted octanol–water partition coefficient (Wildman–Crippen LogP) is 2.00. The van der Waals surface area contributed by atoms with Crippen molar-refractivity contribution in [3.05, 3.63) is 10.6 Å². The quantitative estimate of drug-likeness (QED) is 0.837. The van der Waals surface area contributed by atoms with Gasteiger partial charge in [-0.1, -0.05) is 13.8 Å². The van der Waals surface area contributed by atoms with E-state index in [1.54, 1.807) is 11.3 Å². The van der Waals surface area contributed by atoms with Crippen LogP contribution in [0.5, 0.6) is 0 Å². The minimum Gasteiger partial charge on any atom is -0.348 e. The monoisotopic (exact) mass is 225 g/mol. The fourth-order valence-electron chi connectivity index (χ4n) is 2.02. The lowest BCUT2D eigenvalue weighted by Gasteiger charge is -2.13. The van der Waals surface area contributed by atoms with E-state index in [4.69, 9.17) is 5.73 Å². The van der Waals surface area contributed by atoms with Crippen molar-refractivity contribution in [2.75, 3.05) is 18.0 Å². The smallest absolute Gasteiger partial charge is 0.185 e. The van der Waals surface area contributed by atoms with E-state index < -0.39 is 0 Å². The summed E-state index contributed by atoms with van der Waals surface area (Å²) in [6, 6.07) is 0. The summed E-state index contributed by atoms with van der Waals surface area (Å²) in [5.74, 6) is 1.55. The van der Waals surface area contributed by atoms with Crippen molar-refractivity contribution in [2.45, 2.75) is 27.3 Å². The van der Waals surface area contributed by atoms with E-state index >= 15 is 0 Å². The maximum Gasteiger partial charge on any atom is 0.185 e. The molecule has 2 N–H and O–H groups in total. The minimum absolute atomic E-state index is 0.614. The van der Waals surface area contributed by atoms with Gasteiger partial charge in [0, 0.05) is 24.5 Å². The van der Waals surface area contributed by atoms with E-state index in [-0.39, 0.29) is 0 Å². The molecule has 0 radical (unpaired) electrons. The number of aryl methyl sites for hydroxylation is 1. The largest absolute Gasteiger partial charge is 0.348 e. The maximum absolute atomic E-state index is 5.67. The Morgan fingerprint density at radius 1 is 1.40 bits per heavy atom. The van der Waals surface area contributed by atoms with Gasteiger partial charge in [-0.25, -0.2) is 4.98 Å². The summed E-state index contributed by atoms with van der Waals surface area (Å²) in [4.78, 5) is 8.21. The zero-order valence-corrected chi connectivity index (χ0v) is 10.5. The summed E-state index contributed by atoms with van der Waals surface area (Å²) in [6.07, 6.45) is 0. The molecule has 0 bridgehead atoms. The molecular weight excluding hydrogens is 206 g/mol. The third-order valence-corrected chi connectivity index (χ3v) is 4.57. The third-order valence-electron chi connectivity index (χ3n) is 3.33. The molecule has 1 aliphatic rings. The van der Waals surface area contributed by atoms with Gasteiger partial charge in [0.2, 0.25) is 0 Å².